The van der Waals surface area contributed by atoms with Crippen LogP contribution in [0.15, 0.2) is 34.9 Å². The van der Waals surface area contributed by atoms with Crippen LogP contribution in [0.25, 0.3) is 0 Å². The molecule has 1 aromatic carbocycles. The van der Waals surface area contributed by atoms with Crippen molar-refractivity contribution in [1.29, 1.82) is 0 Å². The maximum Gasteiger partial charge on any atom is 0.227 e. The fraction of sp³-hybridized carbons (Fsp3) is 0.471. The summed E-state index contributed by atoms with van der Waals surface area (Å²) in [6.45, 7) is 1.54. The van der Waals surface area contributed by atoms with Crippen molar-refractivity contribution in [3.05, 3.63) is 46.2 Å². The predicted molar refractivity (Wildman–Crippen MR) is 90.1 cm³/mol. The molecule has 0 N–H and O–H groups in total. The third kappa shape index (κ3) is 3.32. The Morgan fingerprint density at radius 1 is 1.22 bits per heavy atom. The lowest BCUT2D eigenvalue weighted by Crippen LogP contribution is -2.30. The Kier molecular flexibility index (Phi) is 3.93. The van der Waals surface area contributed by atoms with E-state index in [2.05, 4.69) is 32.4 Å². The lowest BCUT2D eigenvalue weighted by Gasteiger charge is -2.16. The van der Waals surface area contributed by atoms with Crippen LogP contribution in [0.4, 0.5) is 0 Å². The van der Waals surface area contributed by atoms with Crippen molar-refractivity contribution in [3.8, 4) is 0 Å². The van der Waals surface area contributed by atoms with Crippen molar-refractivity contribution >= 4 is 21.8 Å². The van der Waals surface area contributed by atoms with E-state index in [1.54, 1.807) is 0 Å². The summed E-state index contributed by atoms with van der Waals surface area (Å²) < 4.78 is 2.99. The van der Waals surface area contributed by atoms with Gasteiger partial charge in [0.15, 0.2) is 0 Å². The quantitative estimate of drug-likeness (QED) is 0.826. The summed E-state index contributed by atoms with van der Waals surface area (Å²) in [6, 6.07) is 8.21. The molecule has 1 saturated carbocycles. The number of benzene rings is 1. The van der Waals surface area contributed by atoms with Gasteiger partial charge in [0, 0.05) is 29.7 Å². The largest absolute Gasteiger partial charge is 0.340 e. The minimum absolute atomic E-state index is 0.192. The SMILES string of the molecule is O=C(Cc1ccc(Br)cc1)N1CCC(n2cc(C3CC3)nn2)C1. The smallest absolute Gasteiger partial charge is 0.227 e. The zero-order valence-corrected chi connectivity index (χ0v) is 14.4. The Bertz CT molecular complexity index is 708. The number of likely N-dealkylation sites (tertiary alicyclic amines) is 1. The maximum atomic E-state index is 12.5. The molecule has 120 valence electrons. The van der Waals surface area contributed by atoms with Gasteiger partial charge in [-0.05, 0) is 37.0 Å². The number of halogens is 1. The first-order valence-electron chi connectivity index (χ1n) is 8.13. The van der Waals surface area contributed by atoms with E-state index >= 15 is 0 Å². The second-order valence-corrected chi connectivity index (χ2v) is 7.40. The molecule has 2 heterocycles. The molecule has 5 nitrogen and oxygen atoms in total. The average Bonchev–Trinajstić information content (AvgIpc) is 3.09. The van der Waals surface area contributed by atoms with E-state index in [0.29, 0.717) is 12.3 Å². The molecule has 2 aliphatic rings. The maximum absolute atomic E-state index is 12.5. The standard InChI is InChI=1S/C17H19BrN4O/c18-14-5-1-12(2-6-14)9-17(23)21-8-7-15(10-21)22-11-16(19-20-22)13-3-4-13/h1-2,5-6,11,13,15H,3-4,7-10H2. The first-order valence-corrected chi connectivity index (χ1v) is 8.92. The summed E-state index contributed by atoms with van der Waals surface area (Å²) in [5.74, 6) is 0.817. The number of amides is 1. The van der Waals surface area contributed by atoms with Crippen LogP contribution in [0, 0.1) is 0 Å². The van der Waals surface area contributed by atoms with Crippen LogP contribution in [-0.2, 0) is 11.2 Å². The molecular weight excluding hydrogens is 356 g/mol. The fourth-order valence-corrected chi connectivity index (χ4v) is 3.37. The third-order valence-electron chi connectivity index (χ3n) is 4.68. The van der Waals surface area contributed by atoms with E-state index in [-0.39, 0.29) is 11.9 Å². The molecule has 1 aromatic heterocycles. The van der Waals surface area contributed by atoms with E-state index in [4.69, 9.17) is 0 Å². The summed E-state index contributed by atoms with van der Waals surface area (Å²) in [5, 5.41) is 8.54. The van der Waals surface area contributed by atoms with E-state index in [0.717, 1.165) is 35.2 Å². The summed E-state index contributed by atoms with van der Waals surface area (Å²) in [4.78, 5) is 14.4. The van der Waals surface area contributed by atoms with Gasteiger partial charge in [-0.15, -0.1) is 5.10 Å². The second kappa shape index (κ2) is 6.07. The number of hydrogen-bond acceptors (Lipinski definition) is 3. The monoisotopic (exact) mass is 374 g/mol. The molecule has 23 heavy (non-hydrogen) atoms. The normalized spacial score (nSPS) is 20.9. The van der Waals surface area contributed by atoms with Gasteiger partial charge in [-0.3, -0.25) is 4.79 Å². The van der Waals surface area contributed by atoms with Gasteiger partial charge >= 0.3 is 0 Å². The molecule has 0 bridgehead atoms. The molecular formula is C17H19BrN4O. The van der Waals surface area contributed by atoms with Crippen LogP contribution in [0.2, 0.25) is 0 Å². The first kappa shape index (κ1) is 14.9. The third-order valence-corrected chi connectivity index (χ3v) is 5.21. The van der Waals surface area contributed by atoms with Crippen LogP contribution < -0.4 is 0 Å². The van der Waals surface area contributed by atoms with Crippen molar-refractivity contribution in [2.24, 2.45) is 0 Å². The van der Waals surface area contributed by atoms with Crippen molar-refractivity contribution in [1.82, 2.24) is 19.9 Å². The van der Waals surface area contributed by atoms with E-state index in [1.165, 1.54) is 12.8 Å². The van der Waals surface area contributed by atoms with Gasteiger partial charge in [0.2, 0.25) is 5.91 Å². The van der Waals surface area contributed by atoms with Gasteiger partial charge in [0.05, 0.1) is 18.2 Å². The lowest BCUT2D eigenvalue weighted by molar-refractivity contribution is -0.129. The van der Waals surface area contributed by atoms with Crippen molar-refractivity contribution < 1.29 is 4.79 Å². The van der Waals surface area contributed by atoms with Crippen LogP contribution in [0.3, 0.4) is 0 Å². The highest BCUT2D eigenvalue weighted by molar-refractivity contribution is 9.10. The number of carbonyl (C=O) groups excluding carboxylic acids is 1. The highest BCUT2D eigenvalue weighted by Crippen LogP contribution is 2.39. The van der Waals surface area contributed by atoms with Crippen LogP contribution >= 0.6 is 15.9 Å². The van der Waals surface area contributed by atoms with Crippen LogP contribution in [0.5, 0.6) is 0 Å². The van der Waals surface area contributed by atoms with Gasteiger partial charge in [-0.25, -0.2) is 4.68 Å². The second-order valence-electron chi connectivity index (χ2n) is 6.48. The number of aromatic nitrogens is 3. The Balaban J connectivity index is 1.37. The molecule has 1 aliphatic carbocycles. The molecule has 1 atom stereocenters. The number of rotatable bonds is 4. The molecule has 6 heteroatoms. The highest BCUT2D eigenvalue weighted by Gasteiger charge is 2.31. The van der Waals surface area contributed by atoms with Gasteiger partial charge in [0.1, 0.15) is 0 Å². The molecule has 2 fully saturated rings. The van der Waals surface area contributed by atoms with E-state index < -0.39 is 0 Å². The minimum atomic E-state index is 0.192. The van der Waals surface area contributed by atoms with Gasteiger partial charge in [0.25, 0.3) is 0 Å². The Hall–Kier alpha value is -1.69. The first-order chi connectivity index (χ1) is 11.2. The summed E-state index contributed by atoms with van der Waals surface area (Å²) >= 11 is 3.42. The van der Waals surface area contributed by atoms with Gasteiger partial charge in [-0.2, -0.15) is 0 Å². The topological polar surface area (TPSA) is 51.0 Å². The summed E-state index contributed by atoms with van der Waals surface area (Å²) in [5.41, 5.74) is 2.17. The molecule has 2 aromatic rings. The molecule has 4 rings (SSSR count). The minimum Gasteiger partial charge on any atom is -0.340 e. The van der Waals surface area contributed by atoms with Gasteiger partial charge in [-0.1, -0.05) is 33.3 Å². The van der Waals surface area contributed by atoms with Crippen molar-refractivity contribution in [2.45, 2.75) is 37.6 Å². The number of carbonyl (C=O) groups is 1. The Morgan fingerprint density at radius 2 is 2.00 bits per heavy atom. The van der Waals surface area contributed by atoms with Crippen LogP contribution in [-0.4, -0.2) is 38.9 Å². The number of nitrogens with zero attached hydrogens (tertiary/aromatic N) is 4. The van der Waals surface area contributed by atoms with E-state index in [9.17, 15) is 4.79 Å². The zero-order valence-electron chi connectivity index (χ0n) is 12.9. The molecule has 1 unspecified atom stereocenters. The number of hydrogen-bond donors (Lipinski definition) is 0. The molecule has 0 spiro atoms. The van der Waals surface area contributed by atoms with Crippen LogP contribution in [0.1, 0.15) is 42.5 Å². The Morgan fingerprint density at radius 3 is 2.74 bits per heavy atom. The van der Waals surface area contributed by atoms with Gasteiger partial charge < -0.3 is 4.90 Å². The fourth-order valence-electron chi connectivity index (χ4n) is 3.11. The molecule has 1 saturated heterocycles. The summed E-state index contributed by atoms with van der Waals surface area (Å²) in [6.07, 6.45) is 5.97. The highest BCUT2D eigenvalue weighted by atomic mass is 79.9. The lowest BCUT2D eigenvalue weighted by atomic mass is 10.1. The average molecular weight is 375 g/mol. The molecule has 0 radical (unpaired) electrons. The van der Waals surface area contributed by atoms with E-state index in [1.807, 2.05) is 33.8 Å². The predicted octanol–water partition coefficient (Wildman–Crippen LogP) is 2.93. The zero-order chi connectivity index (χ0) is 15.8. The van der Waals surface area contributed by atoms with Crippen molar-refractivity contribution in [3.63, 3.8) is 0 Å². The molecule has 1 amide bonds. The van der Waals surface area contributed by atoms with Crippen molar-refractivity contribution in [2.75, 3.05) is 13.1 Å². The summed E-state index contributed by atoms with van der Waals surface area (Å²) in [7, 11) is 0. The molecule has 1 aliphatic heterocycles. The Labute approximate surface area is 143 Å².